The van der Waals surface area contributed by atoms with E-state index in [2.05, 4.69) is 28.8 Å². The molecule has 1 saturated heterocycles. The molecule has 0 aliphatic carbocycles. The molecule has 2 aliphatic heterocycles. The molecule has 2 heterocycles. The molecular formula is C13H18N2O. The number of ether oxygens (including phenoxy) is 1. The highest BCUT2D eigenvalue weighted by molar-refractivity contribution is 5.65. The quantitative estimate of drug-likeness (QED) is 0.809. The van der Waals surface area contributed by atoms with Crippen LogP contribution < -0.4 is 15.4 Å². The van der Waals surface area contributed by atoms with Crippen LogP contribution in [0.5, 0.6) is 5.75 Å². The summed E-state index contributed by atoms with van der Waals surface area (Å²) < 4.78 is 5.93. The summed E-state index contributed by atoms with van der Waals surface area (Å²) in [6, 6.07) is 6.34. The highest BCUT2D eigenvalue weighted by atomic mass is 16.5. The van der Waals surface area contributed by atoms with Crippen molar-refractivity contribution in [3.63, 3.8) is 0 Å². The lowest BCUT2D eigenvalue weighted by molar-refractivity contribution is 0.261. The van der Waals surface area contributed by atoms with Crippen LogP contribution in [0, 0.1) is 5.92 Å². The van der Waals surface area contributed by atoms with Crippen molar-refractivity contribution in [3.05, 3.63) is 23.8 Å². The van der Waals surface area contributed by atoms with Gasteiger partial charge in [-0.3, -0.25) is 0 Å². The standard InChI is InChI=1S/C13H18N2O/c1-2-11-5-7-15-13(11)12(3-1)16-9-10-4-6-14-8-10/h1-3,10,14-15H,4-9H2. The number of benzene rings is 1. The van der Waals surface area contributed by atoms with Gasteiger partial charge in [0.05, 0.1) is 12.3 Å². The molecule has 1 unspecified atom stereocenters. The van der Waals surface area contributed by atoms with Crippen LogP contribution >= 0.6 is 0 Å². The van der Waals surface area contributed by atoms with Crippen molar-refractivity contribution in [1.82, 2.24) is 5.32 Å². The van der Waals surface area contributed by atoms with Crippen LogP contribution in [-0.4, -0.2) is 26.2 Å². The second kappa shape index (κ2) is 4.34. The van der Waals surface area contributed by atoms with Gasteiger partial charge < -0.3 is 15.4 Å². The Morgan fingerprint density at radius 3 is 3.19 bits per heavy atom. The minimum absolute atomic E-state index is 0.678. The maximum atomic E-state index is 5.93. The fourth-order valence-electron chi connectivity index (χ4n) is 2.49. The van der Waals surface area contributed by atoms with E-state index in [4.69, 9.17) is 4.74 Å². The van der Waals surface area contributed by atoms with Crippen molar-refractivity contribution in [1.29, 1.82) is 0 Å². The first kappa shape index (κ1) is 9.97. The molecule has 2 N–H and O–H groups in total. The third-order valence-corrected chi connectivity index (χ3v) is 3.45. The zero-order valence-electron chi connectivity index (χ0n) is 9.46. The first-order chi connectivity index (χ1) is 7.93. The van der Waals surface area contributed by atoms with E-state index in [0.717, 1.165) is 38.4 Å². The molecule has 3 rings (SSSR count). The second-order valence-electron chi connectivity index (χ2n) is 4.64. The van der Waals surface area contributed by atoms with E-state index in [9.17, 15) is 0 Å². The fourth-order valence-corrected chi connectivity index (χ4v) is 2.49. The Bertz CT molecular complexity index is 372. The summed E-state index contributed by atoms with van der Waals surface area (Å²) in [5, 5.41) is 6.77. The Hall–Kier alpha value is -1.22. The molecule has 2 aliphatic rings. The van der Waals surface area contributed by atoms with Gasteiger partial charge in [0.1, 0.15) is 5.75 Å². The Morgan fingerprint density at radius 2 is 2.31 bits per heavy atom. The Balaban J connectivity index is 1.67. The van der Waals surface area contributed by atoms with Crippen LogP contribution in [0.4, 0.5) is 5.69 Å². The molecule has 1 atom stereocenters. The third kappa shape index (κ3) is 1.87. The van der Waals surface area contributed by atoms with Gasteiger partial charge in [-0.15, -0.1) is 0 Å². The molecule has 0 saturated carbocycles. The van der Waals surface area contributed by atoms with Crippen molar-refractivity contribution in [3.8, 4) is 5.75 Å². The van der Waals surface area contributed by atoms with Gasteiger partial charge in [-0.25, -0.2) is 0 Å². The maximum Gasteiger partial charge on any atom is 0.142 e. The average molecular weight is 218 g/mol. The number of fused-ring (bicyclic) bond motifs is 1. The summed E-state index contributed by atoms with van der Waals surface area (Å²) in [7, 11) is 0. The number of rotatable bonds is 3. The molecule has 0 bridgehead atoms. The molecule has 1 aromatic carbocycles. The lowest BCUT2D eigenvalue weighted by atomic mass is 10.1. The summed E-state index contributed by atoms with van der Waals surface area (Å²) in [6.45, 7) is 4.12. The molecule has 16 heavy (non-hydrogen) atoms. The summed E-state index contributed by atoms with van der Waals surface area (Å²) in [5.41, 5.74) is 2.61. The topological polar surface area (TPSA) is 33.3 Å². The summed E-state index contributed by atoms with van der Waals surface area (Å²) in [5.74, 6) is 1.71. The van der Waals surface area contributed by atoms with Crippen LogP contribution in [0.2, 0.25) is 0 Å². The van der Waals surface area contributed by atoms with Crippen molar-refractivity contribution >= 4 is 5.69 Å². The minimum Gasteiger partial charge on any atom is -0.491 e. The van der Waals surface area contributed by atoms with Crippen LogP contribution in [-0.2, 0) is 6.42 Å². The van der Waals surface area contributed by atoms with Gasteiger partial charge in [0.25, 0.3) is 0 Å². The molecule has 3 nitrogen and oxygen atoms in total. The van der Waals surface area contributed by atoms with Crippen molar-refractivity contribution in [2.75, 3.05) is 31.6 Å². The number of anilines is 1. The van der Waals surface area contributed by atoms with E-state index >= 15 is 0 Å². The largest absolute Gasteiger partial charge is 0.491 e. The van der Waals surface area contributed by atoms with E-state index in [1.165, 1.54) is 17.7 Å². The van der Waals surface area contributed by atoms with E-state index in [1.807, 2.05) is 0 Å². The predicted molar refractivity (Wildman–Crippen MR) is 65.1 cm³/mol. The SMILES string of the molecule is c1cc2c(c(OCC3CCNC3)c1)NCC2. The number of hydrogen-bond acceptors (Lipinski definition) is 3. The number of nitrogens with one attached hydrogen (secondary N) is 2. The van der Waals surface area contributed by atoms with E-state index in [1.54, 1.807) is 0 Å². The Labute approximate surface area is 96.2 Å². The molecular weight excluding hydrogens is 200 g/mol. The van der Waals surface area contributed by atoms with Gasteiger partial charge in [-0.1, -0.05) is 12.1 Å². The van der Waals surface area contributed by atoms with Crippen molar-refractivity contribution in [2.45, 2.75) is 12.8 Å². The monoisotopic (exact) mass is 218 g/mol. The minimum atomic E-state index is 0.678. The van der Waals surface area contributed by atoms with Gasteiger partial charge >= 0.3 is 0 Å². The lowest BCUT2D eigenvalue weighted by Gasteiger charge is -2.13. The molecule has 3 heteroatoms. The molecule has 86 valence electrons. The molecule has 1 fully saturated rings. The summed E-state index contributed by atoms with van der Waals surface area (Å²) >= 11 is 0. The number of para-hydroxylation sites is 1. The zero-order chi connectivity index (χ0) is 10.8. The molecule has 0 aromatic heterocycles. The predicted octanol–water partition coefficient (Wildman–Crippen LogP) is 1.64. The van der Waals surface area contributed by atoms with Crippen LogP contribution in [0.3, 0.4) is 0 Å². The van der Waals surface area contributed by atoms with Crippen molar-refractivity contribution < 1.29 is 4.74 Å². The normalized spacial score (nSPS) is 22.9. The molecule has 0 radical (unpaired) electrons. The average Bonchev–Trinajstić information content (AvgIpc) is 2.97. The number of hydrogen-bond donors (Lipinski definition) is 2. The molecule has 1 aromatic rings. The van der Waals surface area contributed by atoms with Gasteiger partial charge in [0.15, 0.2) is 0 Å². The lowest BCUT2D eigenvalue weighted by Crippen LogP contribution is -2.15. The van der Waals surface area contributed by atoms with Gasteiger partial charge in [-0.2, -0.15) is 0 Å². The van der Waals surface area contributed by atoms with E-state index < -0.39 is 0 Å². The smallest absolute Gasteiger partial charge is 0.142 e. The third-order valence-electron chi connectivity index (χ3n) is 3.45. The first-order valence-corrected chi connectivity index (χ1v) is 6.13. The van der Waals surface area contributed by atoms with Gasteiger partial charge in [0, 0.05) is 19.0 Å². The second-order valence-corrected chi connectivity index (χ2v) is 4.64. The maximum absolute atomic E-state index is 5.93. The van der Waals surface area contributed by atoms with Gasteiger partial charge in [0.2, 0.25) is 0 Å². The first-order valence-electron chi connectivity index (χ1n) is 6.13. The summed E-state index contributed by atoms with van der Waals surface area (Å²) in [6.07, 6.45) is 2.36. The van der Waals surface area contributed by atoms with Crippen LogP contribution in [0.15, 0.2) is 18.2 Å². The zero-order valence-corrected chi connectivity index (χ0v) is 9.46. The Kier molecular flexibility index (Phi) is 2.70. The van der Waals surface area contributed by atoms with Crippen LogP contribution in [0.25, 0.3) is 0 Å². The van der Waals surface area contributed by atoms with Crippen molar-refractivity contribution in [2.24, 2.45) is 5.92 Å². The van der Waals surface area contributed by atoms with Gasteiger partial charge in [-0.05, 0) is 31.0 Å². The fraction of sp³-hybridized carbons (Fsp3) is 0.538. The highest BCUT2D eigenvalue weighted by Crippen LogP contribution is 2.32. The molecule has 0 amide bonds. The Morgan fingerprint density at radius 1 is 1.31 bits per heavy atom. The summed E-state index contributed by atoms with van der Waals surface area (Å²) in [4.78, 5) is 0. The highest BCUT2D eigenvalue weighted by Gasteiger charge is 2.18. The van der Waals surface area contributed by atoms with Crippen LogP contribution in [0.1, 0.15) is 12.0 Å². The van der Waals surface area contributed by atoms with E-state index in [0.29, 0.717) is 5.92 Å². The molecule has 0 spiro atoms. The van der Waals surface area contributed by atoms with E-state index in [-0.39, 0.29) is 0 Å².